The Labute approximate surface area is 180 Å². The smallest absolute Gasteiger partial charge is 0.141 e. The number of benzene rings is 2. The van der Waals surface area contributed by atoms with E-state index in [2.05, 4.69) is 60.2 Å². The van der Waals surface area contributed by atoms with E-state index in [0.717, 1.165) is 40.2 Å². The van der Waals surface area contributed by atoms with Crippen LogP contribution in [0.2, 0.25) is 0 Å². The maximum absolute atomic E-state index is 4.58. The molecule has 0 bridgehead atoms. The maximum atomic E-state index is 4.58. The largest absolute Gasteiger partial charge is 0.340 e. The minimum atomic E-state index is 0.734. The molecule has 0 amide bonds. The molecule has 3 heterocycles. The SMILES string of the molecule is C(=C\c1cncnc1Nc1ccc2c(c1)ncn2Cc1ccccc1)/c1cccnc1. The molecule has 31 heavy (non-hydrogen) atoms. The van der Waals surface area contributed by atoms with E-state index in [1.54, 1.807) is 12.4 Å². The zero-order valence-corrected chi connectivity index (χ0v) is 16.8. The first-order valence-electron chi connectivity index (χ1n) is 9.99. The number of pyridine rings is 1. The molecule has 0 saturated heterocycles. The normalized spacial score (nSPS) is 11.2. The van der Waals surface area contributed by atoms with Crippen molar-refractivity contribution in [1.82, 2.24) is 24.5 Å². The number of anilines is 2. The molecule has 0 spiro atoms. The van der Waals surface area contributed by atoms with Crippen LogP contribution in [0.15, 0.2) is 91.9 Å². The molecule has 0 fully saturated rings. The minimum absolute atomic E-state index is 0.734. The highest BCUT2D eigenvalue weighted by Gasteiger charge is 2.07. The number of nitrogens with one attached hydrogen (secondary N) is 1. The van der Waals surface area contributed by atoms with Crippen molar-refractivity contribution in [1.29, 1.82) is 0 Å². The number of hydrogen-bond donors (Lipinski definition) is 1. The van der Waals surface area contributed by atoms with Crippen molar-refractivity contribution in [2.75, 3.05) is 5.32 Å². The molecule has 5 rings (SSSR count). The molecule has 0 unspecified atom stereocenters. The first-order chi connectivity index (χ1) is 15.3. The molecule has 6 nitrogen and oxygen atoms in total. The van der Waals surface area contributed by atoms with Crippen molar-refractivity contribution in [3.8, 4) is 0 Å². The van der Waals surface area contributed by atoms with Crippen molar-refractivity contribution in [2.24, 2.45) is 0 Å². The molecule has 0 aliphatic rings. The van der Waals surface area contributed by atoms with Crippen molar-refractivity contribution in [3.05, 3.63) is 109 Å². The van der Waals surface area contributed by atoms with Gasteiger partial charge in [0.25, 0.3) is 0 Å². The van der Waals surface area contributed by atoms with Crippen LogP contribution >= 0.6 is 0 Å². The van der Waals surface area contributed by atoms with Gasteiger partial charge in [0, 0.05) is 36.4 Å². The van der Waals surface area contributed by atoms with Gasteiger partial charge in [-0.3, -0.25) is 4.98 Å². The molecule has 0 saturated carbocycles. The predicted octanol–water partition coefficient (Wildman–Crippen LogP) is 5.18. The Morgan fingerprint density at radius 3 is 2.68 bits per heavy atom. The van der Waals surface area contributed by atoms with Gasteiger partial charge in [-0.25, -0.2) is 15.0 Å². The van der Waals surface area contributed by atoms with E-state index >= 15 is 0 Å². The lowest BCUT2D eigenvalue weighted by Crippen LogP contribution is -1.99. The number of nitrogens with zero attached hydrogens (tertiary/aromatic N) is 5. The fourth-order valence-corrected chi connectivity index (χ4v) is 3.41. The second-order valence-corrected chi connectivity index (χ2v) is 7.13. The van der Waals surface area contributed by atoms with Gasteiger partial charge in [0.2, 0.25) is 0 Å². The van der Waals surface area contributed by atoms with Gasteiger partial charge in [-0.2, -0.15) is 0 Å². The Balaban J connectivity index is 1.38. The molecule has 6 heteroatoms. The van der Waals surface area contributed by atoms with Gasteiger partial charge in [0.15, 0.2) is 0 Å². The van der Waals surface area contributed by atoms with E-state index < -0.39 is 0 Å². The van der Waals surface area contributed by atoms with Gasteiger partial charge in [0.05, 0.1) is 17.4 Å². The van der Waals surface area contributed by atoms with Crippen LogP contribution in [0.5, 0.6) is 0 Å². The van der Waals surface area contributed by atoms with Crippen LogP contribution in [-0.2, 0) is 6.54 Å². The van der Waals surface area contributed by atoms with Crippen molar-refractivity contribution < 1.29 is 0 Å². The Morgan fingerprint density at radius 2 is 1.81 bits per heavy atom. The minimum Gasteiger partial charge on any atom is -0.340 e. The molecule has 150 valence electrons. The van der Waals surface area contributed by atoms with Gasteiger partial charge in [-0.15, -0.1) is 0 Å². The predicted molar refractivity (Wildman–Crippen MR) is 124 cm³/mol. The Bertz CT molecular complexity index is 1330. The average molecular weight is 404 g/mol. The summed E-state index contributed by atoms with van der Waals surface area (Å²) in [6, 6.07) is 20.5. The van der Waals surface area contributed by atoms with E-state index in [4.69, 9.17) is 0 Å². The molecule has 1 N–H and O–H groups in total. The molecule has 3 aromatic heterocycles. The van der Waals surface area contributed by atoms with Crippen molar-refractivity contribution in [3.63, 3.8) is 0 Å². The summed E-state index contributed by atoms with van der Waals surface area (Å²) in [6.45, 7) is 0.791. The Hall–Kier alpha value is -4.32. The van der Waals surface area contributed by atoms with Gasteiger partial charge >= 0.3 is 0 Å². The third-order valence-electron chi connectivity index (χ3n) is 4.96. The van der Waals surface area contributed by atoms with E-state index in [1.165, 1.54) is 11.9 Å². The zero-order chi connectivity index (χ0) is 20.9. The van der Waals surface area contributed by atoms with E-state index in [1.807, 2.05) is 55.0 Å². The van der Waals surface area contributed by atoms with Crippen LogP contribution in [-0.4, -0.2) is 24.5 Å². The fraction of sp³-hybridized carbons (Fsp3) is 0.0400. The van der Waals surface area contributed by atoms with Crippen LogP contribution in [0.3, 0.4) is 0 Å². The van der Waals surface area contributed by atoms with Crippen LogP contribution in [0.4, 0.5) is 11.5 Å². The van der Waals surface area contributed by atoms with Crippen molar-refractivity contribution >= 4 is 34.7 Å². The lowest BCUT2D eigenvalue weighted by atomic mass is 10.2. The fourth-order valence-electron chi connectivity index (χ4n) is 3.41. The van der Waals surface area contributed by atoms with Gasteiger partial charge in [-0.1, -0.05) is 42.5 Å². The quantitative estimate of drug-likeness (QED) is 0.422. The lowest BCUT2D eigenvalue weighted by molar-refractivity contribution is 0.824. The standard InChI is InChI=1S/C25H20N6/c1-2-5-20(6-3-1)16-31-18-29-23-13-22(10-11-24(23)31)30-25-21(15-27-17-28-25)9-8-19-7-4-12-26-14-19/h1-15,17-18H,16H2,(H,27,28,30)/b9-8+. The molecule has 0 aliphatic carbocycles. The summed E-state index contributed by atoms with van der Waals surface area (Å²) in [5, 5.41) is 3.39. The molecule has 0 atom stereocenters. The summed E-state index contributed by atoms with van der Waals surface area (Å²) in [7, 11) is 0. The molecular formula is C25H20N6. The summed E-state index contributed by atoms with van der Waals surface area (Å²) in [5.74, 6) is 0.734. The summed E-state index contributed by atoms with van der Waals surface area (Å²) in [6.07, 6.45) is 12.7. The number of aromatic nitrogens is 5. The zero-order valence-electron chi connectivity index (χ0n) is 16.8. The number of rotatable bonds is 6. The number of fused-ring (bicyclic) bond motifs is 1. The third kappa shape index (κ3) is 4.33. The number of hydrogen-bond acceptors (Lipinski definition) is 5. The highest BCUT2D eigenvalue weighted by Crippen LogP contribution is 2.24. The number of imidazole rings is 1. The van der Waals surface area contributed by atoms with Gasteiger partial charge in [-0.05, 0) is 41.5 Å². The van der Waals surface area contributed by atoms with Gasteiger partial charge < -0.3 is 9.88 Å². The van der Waals surface area contributed by atoms with Crippen LogP contribution in [0.25, 0.3) is 23.2 Å². The van der Waals surface area contributed by atoms with E-state index in [0.29, 0.717) is 0 Å². The second kappa shape index (κ2) is 8.59. The molecule has 2 aromatic carbocycles. The summed E-state index contributed by atoms with van der Waals surface area (Å²) in [5.41, 5.74) is 6.10. The lowest BCUT2D eigenvalue weighted by Gasteiger charge is -2.09. The van der Waals surface area contributed by atoms with E-state index in [-0.39, 0.29) is 0 Å². The highest BCUT2D eigenvalue weighted by atomic mass is 15.1. The average Bonchev–Trinajstić information content (AvgIpc) is 3.22. The van der Waals surface area contributed by atoms with Gasteiger partial charge in [0.1, 0.15) is 12.1 Å². The Morgan fingerprint density at radius 1 is 0.871 bits per heavy atom. The summed E-state index contributed by atoms with van der Waals surface area (Å²) >= 11 is 0. The topological polar surface area (TPSA) is 68.5 Å². The van der Waals surface area contributed by atoms with E-state index in [9.17, 15) is 0 Å². The first-order valence-corrected chi connectivity index (χ1v) is 9.99. The second-order valence-electron chi connectivity index (χ2n) is 7.13. The first kappa shape index (κ1) is 18.7. The molecule has 0 radical (unpaired) electrons. The van der Waals surface area contributed by atoms with Crippen molar-refractivity contribution in [2.45, 2.75) is 6.54 Å². The molecule has 0 aliphatic heterocycles. The summed E-state index contributed by atoms with van der Waals surface area (Å²) < 4.78 is 2.15. The van der Waals surface area contributed by atoms with Crippen LogP contribution in [0.1, 0.15) is 16.7 Å². The van der Waals surface area contributed by atoms with Crippen LogP contribution in [0, 0.1) is 0 Å². The molecular weight excluding hydrogens is 384 g/mol. The maximum Gasteiger partial charge on any atom is 0.141 e. The summed E-state index contributed by atoms with van der Waals surface area (Å²) in [4.78, 5) is 17.3. The highest BCUT2D eigenvalue weighted by molar-refractivity contribution is 5.82. The monoisotopic (exact) mass is 404 g/mol. The van der Waals surface area contributed by atoms with Crippen LogP contribution < -0.4 is 5.32 Å². The molecule has 5 aromatic rings. The Kier molecular flexibility index (Phi) is 5.18. The third-order valence-corrected chi connectivity index (χ3v) is 4.96.